The molecule has 1 saturated heterocycles. The van der Waals surface area contributed by atoms with E-state index in [4.69, 9.17) is 21.4 Å². The largest absolute Gasteiger partial charge is 0.339 e. The number of halogens is 1. The maximum absolute atomic E-state index is 8.93. The first-order chi connectivity index (χ1) is 14.1. The zero-order chi connectivity index (χ0) is 19.8. The Morgan fingerprint density at radius 2 is 1.97 bits per heavy atom. The van der Waals surface area contributed by atoms with Gasteiger partial charge in [-0.2, -0.15) is 10.2 Å². The van der Waals surface area contributed by atoms with Gasteiger partial charge in [0.1, 0.15) is 0 Å². The zero-order valence-corrected chi connectivity index (χ0v) is 16.8. The van der Waals surface area contributed by atoms with Crippen LogP contribution in [0.5, 0.6) is 0 Å². The summed E-state index contributed by atoms with van der Waals surface area (Å²) in [4.78, 5) is 7.15. The van der Waals surface area contributed by atoms with E-state index in [1.54, 1.807) is 0 Å². The summed E-state index contributed by atoms with van der Waals surface area (Å²) in [5.74, 6) is 1.75. The topological polar surface area (TPSA) is 66.0 Å². The van der Waals surface area contributed by atoms with Crippen molar-refractivity contribution in [3.63, 3.8) is 0 Å². The molecule has 0 bridgehead atoms. The fraction of sp³-hybridized carbons (Fsp3) is 0.348. The zero-order valence-electron chi connectivity index (χ0n) is 16.0. The summed E-state index contributed by atoms with van der Waals surface area (Å²) in [6, 6.07) is 17.6. The van der Waals surface area contributed by atoms with E-state index in [1.165, 1.54) is 5.56 Å². The fourth-order valence-electron chi connectivity index (χ4n) is 4.47. The molecule has 1 aromatic heterocycles. The Kier molecular flexibility index (Phi) is 4.61. The van der Waals surface area contributed by atoms with Crippen LogP contribution in [0, 0.1) is 16.7 Å². The van der Waals surface area contributed by atoms with E-state index in [9.17, 15) is 0 Å². The maximum Gasteiger partial charge on any atom is 0.230 e. The molecule has 0 N–H and O–H groups in total. The summed E-state index contributed by atoms with van der Waals surface area (Å²) in [7, 11) is 0. The second-order valence-electron chi connectivity index (χ2n) is 8.17. The number of aromatic nitrogens is 2. The highest BCUT2D eigenvalue weighted by atomic mass is 35.5. The minimum atomic E-state index is 0.319. The van der Waals surface area contributed by atoms with Gasteiger partial charge in [0, 0.05) is 23.0 Å². The Bertz CT molecular complexity index is 1060. The highest BCUT2D eigenvalue weighted by Gasteiger charge is 2.58. The fourth-order valence-corrected chi connectivity index (χ4v) is 4.66. The van der Waals surface area contributed by atoms with Crippen LogP contribution in [-0.4, -0.2) is 28.1 Å². The smallest absolute Gasteiger partial charge is 0.230 e. The third-order valence-corrected chi connectivity index (χ3v) is 6.59. The van der Waals surface area contributed by atoms with Crippen LogP contribution in [0.1, 0.15) is 42.2 Å². The van der Waals surface area contributed by atoms with Crippen LogP contribution in [0.25, 0.3) is 11.4 Å². The van der Waals surface area contributed by atoms with Crippen molar-refractivity contribution >= 4 is 11.6 Å². The molecule has 1 spiro atoms. The van der Waals surface area contributed by atoms with Crippen molar-refractivity contribution in [3.8, 4) is 17.5 Å². The van der Waals surface area contributed by atoms with Crippen LogP contribution >= 0.6 is 11.6 Å². The lowest BCUT2D eigenvalue weighted by Gasteiger charge is -2.32. The Morgan fingerprint density at radius 1 is 1.17 bits per heavy atom. The molecule has 2 aliphatic rings. The highest BCUT2D eigenvalue weighted by Crippen LogP contribution is 2.64. The van der Waals surface area contributed by atoms with Gasteiger partial charge in [0.15, 0.2) is 0 Å². The van der Waals surface area contributed by atoms with Crippen molar-refractivity contribution in [1.29, 1.82) is 5.26 Å². The summed E-state index contributed by atoms with van der Waals surface area (Å²) in [5.41, 5.74) is 3.18. The van der Waals surface area contributed by atoms with Gasteiger partial charge in [0.2, 0.25) is 11.7 Å². The van der Waals surface area contributed by atoms with E-state index in [1.807, 2.05) is 36.4 Å². The van der Waals surface area contributed by atoms with Gasteiger partial charge in [-0.25, -0.2) is 0 Å². The third kappa shape index (κ3) is 3.66. The van der Waals surface area contributed by atoms with Gasteiger partial charge in [-0.15, -0.1) is 0 Å². The summed E-state index contributed by atoms with van der Waals surface area (Å²) in [5, 5.41) is 13.8. The quantitative estimate of drug-likeness (QED) is 0.610. The predicted molar refractivity (Wildman–Crippen MR) is 110 cm³/mol. The monoisotopic (exact) mass is 404 g/mol. The van der Waals surface area contributed by atoms with Crippen LogP contribution in [0.4, 0.5) is 0 Å². The average molecular weight is 405 g/mol. The van der Waals surface area contributed by atoms with Gasteiger partial charge >= 0.3 is 0 Å². The molecule has 2 fully saturated rings. The standard InChI is InChI=1S/C23H21ClN4O/c24-19-3-1-2-18(12-19)21-26-22(29-27-21)20-13-23(20)8-10-28(11-9-23)15-17-6-4-16(14-25)5-7-17/h1-7,12,20H,8-11,13,15H2/t20-/m0/s1. The first-order valence-corrected chi connectivity index (χ1v) is 10.3. The second-order valence-corrected chi connectivity index (χ2v) is 8.61. The lowest BCUT2D eigenvalue weighted by atomic mass is 9.90. The van der Waals surface area contributed by atoms with E-state index >= 15 is 0 Å². The molecule has 1 saturated carbocycles. The number of nitriles is 1. The van der Waals surface area contributed by atoms with Gasteiger partial charge in [-0.05, 0) is 67.6 Å². The Balaban J connectivity index is 1.20. The van der Waals surface area contributed by atoms with Crippen LogP contribution in [-0.2, 0) is 6.54 Å². The summed E-state index contributed by atoms with van der Waals surface area (Å²) >= 11 is 6.07. The second kappa shape index (κ2) is 7.29. The highest BCUT2D eigenvalue weighted by molar-refractivity contribution is 6.30. The number of likely N-dealkylation sites (tertiary alicyclic amines) is 1. The van der Waals surface area contributed by atoms with E-state index in [2.05, 4.69) is 33.2 Å². The SMILES string of the molecule is N#Cc1ccc(CN2CCC3(CC2)C[C@H]3c2nc(-c3cccc(Cl)c3)no2)cc1. The molecule has 1 aliphatic carbocycles. The number of nitrogens with zero attached hydrogens (tertiary/aromatic N) is 4. The first-order valence-electron chi connectivity index (χ1n) is 9.96. The molecule has 5 nitrogen and oxygen atoms in total. The lowest BCUT2D eigenvalue weighted by Crippen LogP contribution is -2.34. The van der Waals surface area contributed by atoms with E-state index in [0.29, 0.717) is 27.7 Å². The van der Waals surface area contributed by atoms with Crippen LogP contribution in [0.3, 0.4) is 0 Å². The van der Waals surface area contributed by atoms with Gasteiger partial charge in [-0.1, -0.05) is 41.0 Å². The summed E-state index contributed by atoms with van der Waals surface area (Å²) in [6.45, 7) is 3.09. The van der Waals surface area contributed by atoms with Crippen LogP contribution < -0.4 is 0 Å². The van der Waals surface area contributed by atoms with Crippen molar-refractivity contribution in [3.05, 3.63) is 70.6 Å². The number of hydrogen-bond acceptors (Lipinski definition) is 5. The van der Waals surface area contributed by atoms with Crippen LogP contribution in [0.15, 0.2) is 53.1 Å². The van der Waals surface area contributed by atoms with Crippen molar-refractivity contribution in [2.75, 3.05) is 13.1 Å². The van der Waals surface area contributed by atoms with Crippen molar-refractivity contribution in [1.82, 2.24) is 15.0 Å². The van der Waals surface area contributed by atoms with Crippen molar-refractivity contribution in [2.24, 2.45) is 5.41 Å². The Hall–Kier alpha value is -2.68. The third-order valence-electron chi connectivity index (χ3n) is 6.35. The number of hydrogen-bond donors (Lipinski definition) is 0. The minimum absolute atomic E-state index is 0.319. The molecule has 6 heteroatoms. The van der Waals surface area contributed by atoms with Gasteiger partial charge < -0.3 is 4.52 Å². The molecule has 0 amide bonds. The van der Waals surface area contributed by atoms with Crippen LogP contribution in [0.2, 0.25) is 5.02 Å². The molecule has 2 heterocycles. The van der Waals surface area contributed by atoms with E-state index in [0.717, 1.165) is 50.4 Å². The minimum Gasteiger partial charge on any atom is -0.339 e. The molecule has 1 atom stereocenters. The van der Waals surface area contributed by atoms with E-state index < -0.39 is 0 Å². The van der Waals surface area contributed by atoms with Gasteiger partial charge in [0.05, 0.1) is 11.6 Å². The van der Waals surface area contributed by atoms with Gasteiger partial charge in [-0.3, -0.25) is 4.90 Å². The number of piperidine rings is 1. The normalized spacial score (nSPS) is 20.5. The number of benzene rings is 2. The molecule has 2 aromatic carbocycles. The van der Waals surface area contributed by atoms with E-state index in [-0.39, 0.29) is 0 Å². The Labute approximate surface area is 174 Å². The molecular formula is C23H21ClN4O. The first kappa shape index (κ1) is 18.4. The summed E-state index contributed by atoms with van der Waals surface area (Å²) < 4.78 is 5.61. The average Bonchev–Trinajstić information content (AvgIpc) is 3.21. The van der Waals surface area contributed by atoms with Crippen molar-refractivity contribution < 1.29 is 4.52 Å². The molecule has 3 aromatic rings. The Morgan fingerprint density at radius 3 is 2.69 bits per heavy atom. The lowest BCUT2D eigenvalue weighted by molar-refractivity contribution is 0.159. The molecular weight excluding hydrogens is 384 g/mol. The molecule has 0 unspecified atom stereocenters. The number of rotatable bonds is 4. The molecule has 29 heavy (non-hydrogen) atoms. The molecule has 146 valence electrons. The maximum atomic E-state index is 8.93. The molecule has 1 aliphatic heterocycles. The summed E-state index contributed by atoms with van der Waals surface area (Å²) in [6.07, 6.45) is 3.44. The molecule has 5 rings (SSSR count). The van der Waals surface area contributed by atoms with Gasteiger partial charge in [0.25, 0.3) is 0 Å². The molecule has 0 radical (unpaired) electrons. The predicted octanol–water partition coefficient (Wildman–Crippen LogP) is 5.03. The van der Waals surface area contributed by atoms with Crippen molar-refractivity contribution in [2.45, 2.75) is 31.7 Å².